The molecule has 1 aromatic rings. The van der Waals surface area contributed by atoms with Gasteiger partial charge in [-0.2, -0.15) is 23.3 Å². The van der Waals surface area contributed by atoms with Crippen LogP contribution in [0.5, 0.6) is 0 Å². The molecule has 0 aromatic carbocycles. The monoisotopic (exact) mass is 386 g/mol. The summed E-state index contributed by atoms with van der Waals surface area (Å²) < 4.78 is 36.8. The maximum absolute atomic E-state index is 12.6. The van der Waals surface area contributed by atoms with E-state index in [1.807, 2.05) is 0 Å². The lowest BCUT2D eigenvalue weighted by atomic mass is 9.98. The van der Waals surface area contributed by atoms with Gasteiger partial charge in [-0.3, -0.25) is 4.55 Å². The summed E-state index contributed by atoms with van der Waals surface area (Å²) in [5.74, 6) is 0. The molecule has 2 bridgehead atoms. The molecule has 3 aliphatic heterocycles. The molecular formula is C13H18N6O6S. The number of fused-ring (bicyclic) bond motifs is 4. The van der Waals surface area contributed by atoms with Crippen LogP contribution >= 0.6 is 0 Å². The standard InChI is InChI=1S/C13H18N6O6S/c14-5-9-11-8(6-18(15-11)12(20)16-3-1-2-4-16)10-7-17(9)13(21)19(10)25-26(22,23)24/h6,9-10H,1-5,7,14H2,(H,22,23,24)/t9-,10-/m1/s1. The lowest BCUT2D eigenvalue weighted by molar-refractivity contribution is -0.0317. The minimum Gasteiger partial charge on any atom is -0.328 e. The molecule has 0 spiro atoms. The first-order chi connectivity index (χ1) is 12.3. The highest BCUT2D eigenvalue weighted by atomic mass is 32.3. The molecule has 0 unspecified atom stereocenters. The molecule has 0 saturated carbocycles. The highest BCUT2D eigenvalue weighted by molar-refractivity contribution is 7.80. The summed E-state index contributed by atoms with van der Waals surface area (Å²) in [6, 6.07) is -2.45. The van der Waals surface area contributed by atoms with Crippen molar-refractivity contribution in [3.8, 4) is 0 Å². The van der Waals surface area contributed by atoms with Crippen molar-refractivity contribution >= 4 is 22.5 Å². The fourth-order valence-electron chi connectivity index (χ4n) is 3.72. The van der Waals surface area contributed by atoms with Crippen LogP contribution in [0, 0.1) is 0 Å². The van der Waals surface area contributed by atoms with Crippen LogP contribution in [0.2, 0.25) is 0 Å². The van der Waals surface area contributed by atoms with Gasteiger partial charge in [0.1, 0.15) is 6.04 Å². The zero-order chi connectivity index (χ0) is 18.6. The van der Waals surface area contributed by atoms with E-state index in [1.165, 1.54) is 15.8 Å². The van der Waals surface area contributed by atoms with Crippen LogP contribution in [0.1, 0.15) is 36.2 Å². The molecule has 4 heterocycles. The predicted octanol–water partition coefficient (Wildman–Crippen LogP) is -0.526. The van der Waals surface area contributed by atoms with E-state index in [0.29, 0.717) is 29.4 Å². The third kappa shape index (κ3) is 2.63. The number of aromatic nitrogens is 2. The molecule has 26 heavy (non-hydrogen) atoms. The van der Waals surface area contributed by atoms with Crippen LogP contribution in [0.4, 0.5) is 9.59 Å². The van der Waals surface area contributed by atoms with E-state index in [9.17, 15) is 18.0 Å². The molecule has 2 fully saturated rings. The zero-order valence-corrected chi connectivity index (χ0v) is 14.5. The van der Waals surface area contributed by atoms with Crippen LogP contribution in [0.25, 0.3) is 0 Å². The number of nitrogens with two attached hydrogens (primary N) is 1. The fourth-order valence-corrected chi connectivity index (χ4v) is 4.09. The van der Waals surface area contributed by atoms with Crippen molar-refractivity contribution in [3.63, 3.8) is 0 Å². The molecule has 3 N–H and O–H groups in total. The second kappa shape index (κ2) is 5.90. The summed E-state index contributed by atoms with van der Waals surface area (Å²) in [4.78, 5) is 28.0. The van der Waals surface area contributed by atoms with E-state index < -0.39 is 28.5 Å². The highest BCUT2D eigenvalue weighted by Crippen LogP contribution is 2.43. The number of hydrogen-bond acceptors (Lipinski definition) is 7. The van der Waals surface area contributed by atoms with Crippen molar-refractivity contribution in [2.45, 2.75) is 24.9 Å². The quantitative estimate of drug-likeness (QED) is 0.658. The van der Waals surface area contributed by atoms with Gasteiger partial charge in [-0.05, 0) is 12.8 Å². The molecule has 2 atom stereocenters. The Hall–Kier alpha value is -2.22. The predicted molar refractivity (Wildman–Crippen MR) is 84.9 cm³/mol. The van der Waals surface area contributed by atoms with Crippen molar-refractivity contribution in [1.82, 2.24) is 24.6 Å². The van der Waals surface area contributed by atoms with Crippen molar-refractivity contribution < 1.29 is 26.8 Å². The molecule has 4 rings (SSSR count). The number of nitrogens with zero attached hydrogens (tertiary/aromatic N) is 5. The number of urea groups is 1. The first-order valence-electron chi connectivity index (χ1n) is 8.16. The van der Waals surface area contributed by atoms with Crippen LogP contribution in [-0.2, 0) is 14.7 Å². The summed E-state index contributed by atoms with van der Waals surface area (Å²) in [6.45, 7) is 1.46. The third-order valence-corrected chi connectivity index (χ3v) is 5.23. The second-order valence-corrected chi connectivity index (χ2v) is 7.43. The van der Waals surface area contributed by atoms with E-state index in [2.05, 4.69) is 9.38 Å². The normalized spacial score (nSPS) is 25.2. The number of hydroxylamine groups is 2. The Labute approximate surface area is 149 Å². The second-order valence-electron chi connectivity index (χ2n) is 6.42. The summed E-state index contributed by atoms with van der Waals surface area (Å²) in [5.41, 5.74) is 6.67. The van der Waals surface area contributed by atoms with Gasteiger partial charge >= 0.3 is 22.5 Å². The minimum absolute atomic E-state index is 0.0418. The fraction of sp³-hybridized carbons (Fsp3) is 0.615. The maximum Gasteiger partial charge on any atom is 0.418 e. The molecule has 1 aromatic heterocycles. The van der Waals surface area contributed by atoms with E-state index in [4.69, 9.17) is 10.3 Å². The molecule has 0 aliphatic carbocycles. The average Bonchev–Trinajstić information content (AvgIpc) is 3.29. The van der Waals surface area contributed by atoms with E-state index >= 15 is 0 Å². The van der Waals surface area contributed by atoms with Gasteiger partial charge in [-0.25, -0.2) is 9.59 Å². The molecule has 142 valence electrons. The Bertz CT molecular complexity index is 862. The van der Waals surface area contributed by atoms with Crippen molar-refractivity contribution in [2.24, 2.45) is 5.73 Å². The summed E-state index contributed by atoms with van der Waals surface area (Å²) in [6.07, 6.45) is 3.33. The molecule has 2 saturated heterocycles. The topological polar surface area (TPSA) is 151 Å². The van der Waals surface area contributed by atoms with Gasteiger partial charge in [0.05, 0.1) is 18.3 Å². The molecule has 3 aliphatic rings. The molecule has 13 heteroatoms. The largest absolute Gasteiger partial charge is 0.418 e. The first-order valence-corrected chi connectivity index (χ1v) is 9.52. The number of carbonyl (C=O) groups excluding carboxylic acids is 2. The lowest BCUT2D eigenvalue weighted by Crippen LogP contribution is -2.38. The number of rotatable bonds is 3. The van der Waals surface area contributed by atoms with E-state index in [0.717, 1.165) is 12.8 Å². The summed E-state index contributed by atoms with van der Waals surface area (Å²) in [7, 11) is -4.88. The summed E-state index contributed by atoms with van der Waals surface area (Å²) in [5, 5.41) is 4.89. The van der Waals surface area contributed by atoms with Gasteiger partial charge < -0.3 is 15.5 Å². The van der Waals surface area contributed by atoms with Gasteiger partial charge in [0.15, 0.2) is 0 Å². The van der Waals surface area contributed by atoms with Gasteiger partial charge in [-0.1, -0.05) is 0 Å². The summed E-state index contributed by atoms with van der Waals surface area (Å²) >= 11 is 0. The first kappa shape index (κ1) is 17.2. The van der Waals surface area contributed by atoms with Crippen molar-refractivity contribution in [2.75, 3.05) is 26.2 Å². The lowest BCUT2D eigenvalue weighted by Gasteiger charge is -2.28. The molecular weight excluding hydrogens is 368 g/mol. The molecule has 0 radical (unpaired) electrons. The minimum atomic E-state index is -4.88. The Balaban J connectivity index is 1.72. The Kier molecular flexibility index (Phi) is 3.91. The Morgan fingerprint density at radius 2 is 2.08 bits per heavy atom. The van der Waals surface area contributed by atoms with Crippen LogP contribution < -0.4 is 5.73 Å². The van der Waals surface area contributed by atoms with Gasteiger partial charge in [0.2, 0.25) is 0 Å². The number of likely N-dealkylation sites (tertiary alicyclic amines) is 1. The van der Waals surface area contributed by atoms with Gasteiger partial charge in [0.25, 0.3) is 0 Å². The molecule has 12 nitrogen and oxygen atoms in total. The Morgan fingerprint density at radius 1 is 1.38 bits per heavy atom. The number of hydrogen-bond donors (Lipinski definition) is 2. The van der Waals surface area contributed by atoms with E-state index in [1.54, 1.807) is 4.90 Å². The van der Waals surface area contributed by atoms with Crippen molar-refractivity contribution in [3.05, 3.63) is 17.5 Å². The SMILES string of the molecule is NC[C@@H]1c2nn(C(=O)N3CCCC3)cc2[C@H]2CN1C(=O)N2OS(=O)(=O)O. The number of amides is 3. The van der Waals surface area contributed by atoms with Crippen LogP contribution in [-0.4, -0.2) is 75.9 Å². The average molecular weight is 386 g/mol. The van der Waals surface area contributed by atoms with Crippen molar-refractivity contribution in [1.29, 1.82) is 0 Å². The van der Waals surface area contributed by atoms with E-state index in [-0.39, 0.29) is 19.1 Å². The zero-order valence-electron chi connectivity index (χ0n) is 13.7. The highest BCUT2D eigenvalue weighted by Gasteiger charge is 2.51. The van der Waals surface area contributed by atoms with Gasteiger partial charge in [-0.15, -0.1) is 4.28 Å². The molecule has 3 amide bonds. The maximum atomic E-state index is 12.6. The third-order valence-electron chi connectivity index (χ3n) is 4.88. The van der Waals surface area contributed by atoms with Gasteiger partial charge in [0, 0.05) is 31.4 Å². The van der Waals surface area contributed by atoms with Crippen LogP contribution in [0.15, 0.2) is 6.20 Å². The number of carbonyl (C=O) groups is 2. The van der Waals surface area contributed by atoms with Crippen LogP contribution in [0.3, 0.4) is 0 Å². The Morgan fingerprint density at radius 3 is 2.69 bits per heavy atom. The smallest absolute Gasteiger partial charge is 0.328 e.